The smallest absolute Gasteiger partial charge is 0.242 e. The SMILES string of the molecule is O=S(=O)(NC1CCC(O)CC1)c1cc(Cl)ccc1Cl. The first-order chi connectivity index (χ1) is 8.88. The maximum Gasteiger partial charge on any atom is 0.242 e. The number of halogens is 2. The zero-order valence-corrected chi connectivity index (χ0v) is 12.5. The van der Waals surface area contributed by atoms with Crippen LogP contribution in [0.1, 0.15) is 25.7 Å². The Hall–Kier alpha value is -0.330. The second-order valence-electron chi connectivity index (χ2n) is 4.70. The van der Waals surface area contributed by atoms with Gasteiger partial charge in [-0.3, -0.25) is 0 Å². The second kappa shape index (κ2) is 5.97. The molecule has 2 N–H and O–H groups in total. The van der Waals surface area contributed by atoms with Gasteiger partial charge in [0.15, 0.2) is 0 Å². The summed E-state index contributed by atoms with van der Waals surface area (Å²) in [5.74, 6) is 0. The number of nitrogens with one attached hydrogen (secondary N) is 1. The van der Waals surface area contributed by atoms with Crippen LogP contribution in [-0.4, -0.2) is 25.7 Å². The van der Waals surface area contributed by atoms with E-state index in [1.54, 1.807) is 6.07 Å². The summed E-state index contributed by atoms with van der Waals surface area (Å²) < 4.78 is 27.1. The monoisotopic (exact) mass is 323 g/mol. The van der Waals surface area contributed by atoms with Gasteiger partial charge in [-0.1, -0.05) is 23.2 Å². The van der Waals surface area contributed by atoms with E-state index in [9.17, 15) is 13.5 Å². The van der Waals surface area contributed by atoms with E-state index in [2.05, 4.69) is 4.72 Å². The van der Waals surface area contributed by atoms with Gasteiger partial charge in [-0.15, -0.1) is 0 Å². The lowest BCUT2D eigenvalue weighted by Crippen LogP contribution is -2.38. The van der Waals surface area contributed by atoms with Crippen molar-refractivity contribution < 1.29 is 13.5 Å². The van der Waals surface area contributed by atoms with Crippen LogP contribution in [0.5, 0.6) is 0 Å². The predicted molar refractivity (Wildman–Crippen MR) is 75.0 cm³/mol. The van der Waals surface area contributed by atoms with Crippen molar-refractivity contribution in [2.75, 3.05) is 0 Å². The molecular weight excluding hydrogens is 309 g/mol. The minimum Gasteiger partial charge on any atom is -0.393 e. The summed E-state index contributed by atoms with van der Waals surface area (Å²) in [5, 5.41) is 9.88. The van der Waals surface area contributed by atoms with Gasteiger partial charge in [-0.2, -0.15) is 0 Å². The minimum absolute atomic E-state index is 0.00668. The number of hydrogen-bond acceptors (Lipinski definition) is 3. The molecule has 0 heterocycles. The lowest BCUT2D eigenvalue weighted by atomic mass is 9.94. The molecule has 0 spiro atoms. The van der Waals surface area contributed by atoms with Crippen LogP contribution in [0.15, 0.2) is 23.1 Å². The summed E-state index contributed by atoms with van der Waals surface area (Å²) in [5.41, 5.74) is 0. The van der Waals surface area contributed by atoms with Crippen LogP contribution in [-0.2, 0) is 10.0 Å². The van der Waals surface area contributed by atoms with Crippen molar-refractivity contribution in [3.05, 3.63) is 28.2 Å². The maximum atomic E-state index is 12.2. The number of benzene rings is 1. The molecule has 0 radical (unpaired) electrons. The van der Waals surface area contributed by atoms with Gasteiger partial charge in [0.05, 0.1) is 11.1 Å². The van der Waals surface area contributed by atoms with Crippen LogP contribution in [0.2, 0.25) is 10.0 Å². The lowest BCUT2D eigenvalue weighted by Gasteiger charge is -2.26. The molecule has 1 aliphatic rings. The topological polar surface area (TPSA) is 66.4 Å². The van der Waals surface area contributed by atoms with Crippen molar-refractivity contribution >= 4 is 33.2 Å². The molecule has 0 unspecified atom stereocenters. The van der Waals surface area contributed by atoms with E-state index in [4.69, 9.17) is 23.2 Å². The predicted octanol–water partition coefficient (Wildman–Crippen LogP) is 2.58. The fourth-order valence-corrected chi connectivity index (χ4v) is 4.23. The van der Waals surface area contributed by atoms with Crippen LogP contribution in [0.25, 0.3) is 0 Å². The Kier molecular flexibility index (Phi) is 4.74. The van der Waals surface area contributed by atoms with Gasteiger partial charge in [0, 0.05) is 11.1 Å². The Morgan fingerprint density at radius 2 is 1.79 bits per heavy atom. The Morgan fingerprint density at radius 3 is 2.42 bits per heavy atom. The van der Waals surface area contributed by atoms with Gasteiger partial charge in [-0.25, -0.2) is 13.1 Å². The molecule has 1 aromatic rings. The van der Waals surface area contributed by atoms with E-state index in [1.807, 2.05) is 0 Å². The molecule has 1 fully saturated rings. The van der Waals surface area contributed by atoms with Crippen LogP contribution in [0.4, 0.5) is 0 Å². The van der Waals surface area contributed by atoms with E-state index in [-0.39, 0.29) is 22.1 Å². The molecule has 1 aliphatic carbocycles. The highest BCUT2D eigenvalue weighted by atomic mass is 35.5. The average molecular weight is 324 g/mol. The summed E-state index contributed by atoms with van der Waals surface area (Å²) in [6.45, 7) is 0. The van der Waals surface area contributed by atoms with Crippen molar-refractivity contribution in [1.82, 2.24) is 4.72 Å². The third-order valence-electron chi connectivity index (χ3n) is 3.20. The van der Waals surface area contributed by atoms with Crippen molar-refractivity contribution in [2.45, 2.75) is 42.7 Å². The summed E-state index contributed by atoms with van der Waals surface area (Å²) in [4.78, 5) is -0.00668. The van der Waals surface area contributed by atoms with Crippen LogP contribution in [0.3, 0.4) is 0 Å². The second-order valence-corrected chi connectivity index (χ2v) is 7.23. The molecule has 106 valence electrons. The van der Waals surface area contributed by atoms with Gasteiger partial charge in [0.2, 0.25) is 10.0 Å². The molecule has 0 amide bonds. The zero-order chi connectivity index (χ0) is 14.0. The number of hydrogen-bond donors (Lipinski definition) is 2. The molecule has 19 heavy (non-hydrogen) atoms. The average Bonchev–Trinajstić information content (AvgIpc) is 2.35. The fourth-order valence-electron chi connectivity index (χ4n) is 2.16. The van der Waals surface area contributed by atoms with Gasteiger partial charge in [0.1, 0.15) is 4.90 Å². The first-order valence-electron chi connectivity index (χ1n) is 6.04. The Balaban J connectivity index is 2.16. The zero-order valence-electron chi connectivity index (χ0n) is 10.1. The third-order valence-corrected chi connectivity index (χ3v) is 5.44. The highest BCUT2D eigenvalue weighted by Crippen LogP contribution is 2.26. The van der Waals surface area contributed by atoms with E-state index in [1.165, 1.54) is 12.1 Å². The first kappa shape index (κ1) is 15.1. The quantitative estimate of drug-likeness (QED) is 0.898. The summed E-state index contributed by atoms with van der Waals surface area (Å²) in [6.07, 6.45) is 2.14. The largest absolute Gasteiger partial charge is 0.393 e. The third kappa shape index (κ3) is 3.83. The standard InChI is InChI=1S/C12H15Cl2NO3S/c13-8-1-6-11(14)12(7-8)19(17,18)15-9-2-4-10(16)5-3-9/h1,6-7,9-10,15-16H,2-5H2. The Bertz CT molecular complexity index is 554. The molecule has 1 aromatic carbocycles. The Morgan fingerprint density at radius 1 is 1.16 bits per heavy atom. The maximum absolute atomic E-state index is 12.2. The van der Waals surface area contributed by atoms with Gasteiger partial charge in [-0.05, 0) is 43.9 Å². The number of aliphatic hydroxyl groups excluding tert-OH is 1. The van der Waals surface area contributed by atoms with Crippen molar-refractivity contribution in [2.24, 2.45) is 0 Å². The summed E-state index contributed by atoms with van der Waals surface area (Å²) in [6, 6.07) is 4.18. The molecule has 0 saturated heterocycles. The summed E-state index contributed by atoms with van der Waals surface area (Å²) in [7, 11) is -3.68. The molecular formula is C12H15Cl2NO3S. The summed E-state index contributed by atoms with van der Waals surface area (Å²) >= 11 is 11.7. The molecule has 0 bridgehead atoms. The van der Waals surface area contributed by atoms with Crippen molar-refractivity contribution in [3.8, 4) is 0 Å². The highest BCUT2D eigenvalue weighted by Gasteiger charge is 2.26. The lowest BCUT2D eigenvalue weighted by molar-refractivity contribution is 0.120. The van der Waals surface area contributed by atoms with Crippen molar-refractivity contribution in [3.63, 3.8) is 0 Å². The molecule has 1 saturated carbocycles. The van der Waals surface area contributed by atoms with Crippen molar-refractivity contribution in [1.29, 1.82) is 0 Å². The van der Waals surface area contributed by atoms with Gasteiger partial charge in [0.25, 0.3) is 0 Å². The van der Waals surface area contributed by atoms with Gasteiger partial charge >= 0.3 is 0 Å². The van der Waals surface area contributed by atoms with E-state index < -0.39 is 10.0 Å². The molecule has 0 aromatic heterocycles. The number of rotatable bonds is 3. The van der Waals surface area contributed by atoms with Crippen LogP contribution in [0, 0.1) is 0 Å². The van der Waals surface area contributed by atoms with E-state index in [0.29, 0.717) is 30.7 Å². The Labute approximate surface area is 122 Å². The van der Waals surface area contributed by atoms with Gasteiger partial charge < -0.3 is 5.11 Å². The van der Waals surface area contributed by atoms with Crippen LogP contribution >= 0.6 is 23.2 Å². The molecule has 4 nitrogen and oxygen atoms in total. The van der Waals surface area contributed by atoms with E-state index in [0.717, 1.165) is 0 Å². The molecule has 7 heteroatoms. The minimum atomic E-state index is -3.68. The van der Waals surface area contributed by atoms with E-state index >= 15 is 0 Å². The number of sulfonamides is 1. The first-order valence-corrected chi connectivity index (χ1v) is 8.28. The fraction of sp³-hybridized carbons (Fsp3) is 0.500. The molecule has 0 atom stereocenters. The normalized spacial score (nSPS) is 24.4. The number of aliphatic hydroxyl groups is 1. The van der Waals surface area contributed by atoms with Crippen LogP contribution < -0.4 is 4.72 Å². The molecule has 2 rings (SSSR count). The highest BCUT2D eigenvalue weighted by molar-refractivity contribution is 7.89. The molecule has 0 aliphatic heterocycles.